The minimum absolute atomic E-state index is 0.0672. The number of carbonyl (C=O) groups is 2. The maximum absolute atomic E-state index is 11.8. The molecule has 0 aliphatic rings. The molecule has 2 unspecified atom stereocenters. The molecule has 0 heterocycles. The van der Waals surface area contributed by atoms with Crippen molar-refractivity contribution >= 4 is 19.7 Å². The first-order valence-electron chi connectivity index (χ1n) is 14.7. The molecule has 38 heavy (non-hydrogen) atoms. The summed E-state index contributed by atoms with van der Waals surface area (Å²) in [4.78, 5) is 32.5. The number of aliphatic hydroxyl groups excluding tert-OH is 1. The highest BCUT2D eigenvalue weighted by Crippen LogP contribution is 2.42. The number of phosphoric acid groups is 1. The molecule has 0 aromatic heterocycles. The van der Waals surface area contributed by atoms with Crippen LogP contribution in [0, 0.1) is 0 Å². The fraction of sp³-hybridized carbons (Fsp3) is 0.857. The number of carbonyl (C=O) groups excluding carboxylic acids is 2. The summed E-state index contributed by atoms with van der Waals surface area (Å²) in [6.45, 7) is 2.96. The van der Waals surface area contributed by atoms with Crippen LogP contribution >= 0.6 is 7.82 Å². The average Bonchev–Trinajstić information content (AvgIpc) is 2.90. The topological polar surface area (TPSA) is 131 Å². The zero-order chi connectivity index (χ0) is 28.3. The van der Waals surface area contributed by atoms with Crippen LogP contribution in [0.1, 0.15) is 123 Å². The maximum Gasteiger partial charge on any atom is 0.472 e. The predicted molar refractivity (Wildman–Crippen MR) is 151 cm³/mol. The van der Waals surface area contributed by atoms with E-state index in [9.17, 15) is 24.2 Å². The zero-order valence-electron chi connectivity index (χ0n) is 23.9. The Morgan fingerprint density at radius 1 is 0.816 bits per heavy atom. The van der Waals surface area contributed by atoms with E-state index in [4.69, 9.17) is 9.26 Å². The number of nitrogens with one attached hydrogen (secondary N) is 1. The Labute approximate surface area is 230 Å². The van der Waals surface area contributed by atoms with Gasteiger partial charge in [-0.1, -0.05) is 90.2 Å². The monoisotopic (exact) mass is 563 g/mol. The van der Waals surface area contributed by atoms with Gasteiger partial charge in [-0.3, -0.25) is 18.6 Å². The SMILES string of the molecule is CCCCCCCC/C=C\CCCCCCCCCC(=O)OCC(O)COP(=O)(O)OCCNC(=O)CC. The number of allylic oxidation sites excluding steroid dienone is 2. The van der Waals surface area contributed by atoms with Gasteiger partial charge in [-0.2, -0.15) is 0 Å². The zero-order valence-corrected chi connectivity index (χ0v) is 24.8. The van der Waals surface area contributed by atoms with Crippen molar-refractivity contribution in [3.63, 3.8) is 0 Å². The van der Waals surface area contributed by atoms with Crippen LogP contribution in [0.4, 0.5) is 0 Å². The lowest BCUT2D eigenvalue weighted by Crippen LogP contribution is -2.26. The second-order valence-electron chi connectivity index (χ2n) is 9.68. The van der Waals surface area contributed by atoms with Crippen LogP contribution in [0.2, 0.25) is 0 Å². The largest absolute Gasteiger partial charge is 0.472 e. The van der Waals surface area contributed by atoms with Gasteiger partial charge in [-0.25, -0.2) is 4.57 Å². The van der Waals surface area contributed by atoms with E-state index in [0.717, 1.165) is 19.3 Å². The van der Waals surface area contributed by atoms with E-state index < -0.39 is 26.5 Å². The highest BCUT2D eigenvalue weighted by molar-refractivity contribution is 7.47. The minimum Gasteiger partial charge on any atom is -0.463 e. The summed E-state index contributed by atoms with van der Waals surface area (Å²) in [5, 5.41) is 12.3. The van der Waals surface area contributed by atoms with E-state index >= 15 is 0 Å². The van der Waals surface area contributed by atoms with Crippen molar-refractivity contribution in [1.29, 1.82) is 0 Å². The number of ether oxygens (including phenoxy) is 1. The molecule has 2 atom stereocenters. The second-order valence-corrected chi connectivity index (χ2v) is 11.1. The van der Waals surface area contributed by atoms with Crippen LogP contribution in [0.15, 0.2) is 12.2 Å². The number of aliphatic hydroxyl groups is 1. The number of unbranched alkanes of at least 4 members (excludes halogenated alkanes) is 13. The summed E-state index contributed by atoms with van der Waals surface area (Å²) in [6, 6.07) is 0. The van der Waals surface area contributed by atoms with Gasteiger partial charge in [-0.05, 0) is 32.1 Å². The Morgan fingerprint density at radius 2 is 1.37 bits per heavy atom. The maximum atomic E-state index is 11.8. The highest BCUT2D eigenvalue weighted by Gasteiger charge is 2.23. The van der Waals surface area contributed by atoms with Crippen molar-refractivity contribution in [2.24, 2.45) is 0 Å². The van der Waals surface area contributed by atoms with Crippen LogP contribution in [0.3, 0.4) is 0 Å². The molecule has 224 valence electrons. The molecule has 9 nitrogen and oxygen atoms in total. The molecule has 0 aliphatic heterocycles. The quantitative estimate of drug-likeness (QED) is 0.0455. The molecule has 0 bridgehead atoms. The Morgan fingerprint density at radius 3 is 1.95 bits per heavy atom. The Bertz CT molecular complexity index is 659. The molecule has 0 aromatic rings. The molecule has 0 saturated heterocycles. The van der Waals surface area contributed by atoms with Gasteiger partial charge in [0.2, 0.25) is 5.91 Å². The molecule has 0 radical (unpaired) electrons. The number of phosphoric ester groups is 1. The molecular weight excluding hydrogens is 509 g/mol. The van der Waals surface area contributed by atoms with Crippen molar-refractivity contribution < 1.29 is 37.9 Å². The Kier molecular flexibility index (Phi) is 25.1. The van der Waals surface area contributed by atoms with E-state index in [-0.39, 0.29) is 32.1 Å². The molecule has 3 N–H and O–H groups in total. The number of hydrogen-bond donors (Lipinski definition) is 3. The van der Waals surface area contributed by atoms with Gasteiger partial charge in [0.15, 0.2) is 0 Å². The molecule has 0 aromatic carbocycles. The van der Waals surface area contributed by atoms with Gasteiger partial charge in [0.25, 0.3) is 0 Å². The van der Waals surface area contributed by atoms with Gasteiger partial charge in [0.1, 0.15) is 12.7 Å². The van der Waals surface area contributed by atoms with Crippen molar-refractivity contribution in [3.8, 4) is 0 Å². The summed E-state index contributed by atoms with van der Waals surface area (Å²) in [5.74, 6) is -0.612. The lowest BCUT2D eigenvalue weighted by molar-refractivity contribution is -0.147. The molecule has 10 heteroatoms. The van der Waals surface area contributed by atoms with Crippen LogP contribution in [-0.2, 0) is 27.9 Å². The number of amides is 1. The third kappa shape index (κ3) is 26.4. The molecule has 0 fully saturated rings. The van der Waals surface area contributed by atoms with Crippen LogP contribution in [-0.4, -0.2) is 54.3 Å². The van der Waals surface area contributed by atoms with E-state index in [1.807, 2.05) is 0 Å². The molecule has 0 aliphatic carbocycles. The summed E-state index contributed by atoms with van der Waals surface area (Å²) in [5.41, 5.74) is 0. The highest BCUT2D eigenvalue weighted by atomic mass is 31.2. The lowest BCUT2D eigenvalue weighted by atomic mass is 10.1. The van der Waals surface area contributed by atoms with Crippen molar-refractivity contribution in [2.45, 2.75) is 129 Å². The van der Waals surface area contributed by atoms with E-state index in [1.54, 1.807) is 6.92 Å². The summed E-state index contributed by atoms with van der Waals surface area (Å²) < 4.78 is 26.1. The van der Waals surface area contributed by atoms with Crippen molar-refractivity contribution in [3.05, 3.63) is 12.2 Å². The van der Waals surface area contributed by atoms with Gasteiger partial charge in [0, 0.05) is 19.4 Å². The lowest BCUT2D eigenvalue weighted by Gasteiger charge is -2.15. The number of esters is 1. The van der Waals surface area contributed by atoms with Gasteiger partial charge in [-0.15, -0.1) is 0 Å². The predicted octanol–water partition coefficient (Wildman–Crippen LogP) is 6.37. The van der Waals surface area contributed by atoms with Gasteiger partial charge < -0.3 is 20.1 Å². The van der Waals surface area contributed by atoms with E-state index in [2.05, 4.69) is 28.9 Å². The third-order valence-electron chi connectivity index (χ3n) is 6.01. The Balaban J connectivity index is 3.54. The molecular formula is C28H54NO8P. The third-order valence-corrected chi connectivity index (χ3v) is 6.99. The summed E-state index contributed by atoms with van der Waals surface area (Å²) in [6.07, 6.45) is 22.1. The standard InChI is InChI=1S/C28H54NO8P/c1-3-5-6-7-8-9-10-11-12-13-14-15-16-17-18-19-20-21-28(32)35-24-26(30)25-37-38(33,34)36-23-22-29-27(31)4-2/h11-12,26,30H,3-10,13-25H2,1-2H3,(H,29,31)(H,33,34)/b12-11-. The molecule has 0 spiro atoms. The average molecular weight is 564 g/mol. The molecule has 0 rings (SSSR count). The number of hydrogen-bond acceptors (Lipinski definition) is 7. The molecule has 0 saturated carbocycles. The normalized spacial score (nSPS) is 13.9. The van der Waals surface area contributed by atoms with Gasteiger partial charge >= 0.3 is 13.8 Å². The molecule has 1 amide bonds. The minimum atomic E-state index is -4.37. The fourth-order valence-corrected chi connectivity index (χ4v) is 4.45. The first-order valence-corrected chi connectivity index (χ1v) is 16.2. The van der Waals surface area contributed by atoms with Crippen molar-refractivity contribution in [2.75, 3.05) is 26.4 Å². The van der Waals surface area contributed by atoms with Crippen LogP contribution in [0.25, 0.3) is 0 Å². The number of rotatable bonds is 27. The van der Waals surface area contributed by atoms with E-state index in [1.165, 1.54) is 77.0 Å². The van der Waals surface area contributed by atoms with Gasteiger partial charge in [0.05, 0.1) is 13.2 Å². The fourth-order valence-electron chi connectivity index (χ4n) is 3.70. The Hall–Kier alpha value is -1.25. The summed E-state index contributed by atoms with van der Waals surface area (Å²) in [7, 11) is -4.37. The van der Waals surface area contributed by atoms with Crippen LogP contribution in [0.5, 0.6) is 0 Å². The summed E-state index contributed by atoms with van der Waals surface area (Å²) >= 11 is 0. The van der Waals surface area contributed by atoms with E-state index in [0.29, 0.717) is 6.42 Å². The first kappa shape index (κ1) is 36.8. The first-order chi connectivity index (χ1) is 18.3. The van der Waals surface area contributed by atoms with Crippen LogP contribution < -0.4 is 5.32 Å². The second kappa shape index (κ2) is 26.0. The van der Waals surface area contributed by atoms with Crippen molar-refractivity contribution in [1.82, 2.24) is 5.32 Å². The smallest absolute Gasteiger partial charge is 0.463 e.